The van der Waals surface area contributed by atoms with Crippen molar-refractivity contribution in [3.8, 4) is 11.5 Å². The maximum absolute atomic E-state index is 12.4. The number of carboxylic acids is 1. The van der Waals surface area contributed by atoms with Crippen molar-refractivity contribution in [1.29, 1.82) is 0 Å². The molecule has 0 aliphatic heterocycles. The lowest BCUT2D eigenvalue weighted by Gasteiger charge is -2.31. The molecule has 220 valence electrons. The molecule has 0 spiro atoms. The van der Waals surface area contributed by atoms with Crippen molar-refractivity contribution < 1.29 is 52.7 Å². The van der Waals surface area contributed by atoms with Crippen LogP contribution in [-0.4, -0.2) is 61.1 Å². The standard InChI is InChI=1S/C27H41NO11/c1-8-18(6)15-35-24(31)37-21-12-11-20(13-22(21)38-25(32)36-16-19(7)9-2)14-27(23(29)30,28-17(4)5)39-26(33)34-10-3/h11-13,17-19,28H,8-10,14-16H2,1-7H3,(H,29,30)/t18?,19?,27-/m0/s1. The summed E-state index contributed by atoms with van der Waals surface area (Å²) in [6, 6.07) is 3.62. The van der Waals surface area contributed by atoms with E-state index in [0.29, 0.717) is 0 Å². The van der Waals surface area contributed by atoms with Crippen molar-refractivity contribution in [2.75, 3.05) is 19.8 Å². The molecule has 1 aromatic carbocycles. The van der Waals surface area contributed by atoms with E-state index in [9.17, 15) is 24.3 Å². The number of carbonyl (C=O) groups is 4. The fraction of sp³-hybridized carbons (Fsp3) is 0.630. The SMILES string of the molecule is CCOC(=O)O[C@](Cc1ccc(OC(=O)OCC(C)CC)c(OC(=O)OCC(C)CC)c1)(NC(C)C)C(=O)O. The van der Waals surface area contributed by atoms with Crippen LogP contribution >= 0.6 is 0 Å². The first-order valence-corrected chi connectivity index (χ1v) is 13.0. The summed E-state index contributed by atoms with van der Waals surface area (Å²) in [5.41, 5.74) is -1.95. The van der Waals surface area contributed by atoms with Crippen LogP contribution in [0.5, 0.6) is 11.5 Å². The molecule has 12 heteroatoms. The smallest absolute Gasteiger partial charge is 0.477 e. The average Bonchev–Trinajstić information content (AvgIpc) is 2.86. The van der Waals surface area contributed by atoms with Crippen LogP contribution in [-0.2, 0) is 30.2 Å². The molecule has 0 saturated heterocycles. The lowest BCUT2D eigenvalue weighted by atomic mass is 10.0. The molecule has 0 bridgehead atoms. The van der Waals surface area contributed by atoms with Crippen molar-refractivity contribution in [1.82, 2.24) is 5.32 Å². The maximum Gasteiger partial charge on any atom is 0.513 e. The van der Waals surface area contributed by atoms with Gasteiger partial charge in [0.2, 0.25) is 0 Å². The van der Waals surface area contributed by atoms with Crippen LogP contribution in [0.4, 0.5) is 14.4 Å². The summed E-state index contributed by atoms with van der Waals surface area (Å²) in [7, 11) is 0. The van der Waals surface area contributed by atoms with Gasteiger partial charge in [-0.15, -0.1) is 0 Å². The molecule has 0 fully saturated rings. The number of aliphatic carboxylic acids is 1. The highest BCUT2D eigenvalue weighted by Crippen LogP contribution is 2.31. The number of benzene rings is 1. The van der Waals surface area contributed by atoms with Gasteiger partial charge in [0.15, 0.2) is 11.5 Å². The Kier molecular flexibility index (Phi) is 14.1. The molecule has 2 N–H and O–H groups in total. The summed E-state index contributed by atoms with van der Waals surface area (Å²) >= 11 is 0. The van der Waals surface area contributed by atoms with Gasteiger partial charge in [-0.3, -0.25) is 5.32 Å². The Morgan fingerprint density at radius 1 is 0.821 bits per heavy atom. The van der Waals surface area contributed by atoms with E-state index in [1.54, 1.807) is 20.8 Å². The van der Waals surface area contributed by atoms with E-state index in [-0.39, 0.29) is 48.7 Å². The Morgan fingerprint density at radius 3 is 1.82 bits per heavy atom. The number of carbonyl (C=O) groups excluding carboxylic acids is 3. The number of carboxylic acid groups (broad SMARTS) is 1. The highest BCUT2D eigenvalue weighted by atomic mass is 16.8. The first-order chi connectivity index (χ1) is 18.3. The number of ether oxygens (including phenoxy) is 6. The zero-order valence-electron chi connectivity index (χ0n) is 23.7. The summed E-state index contributed by atoms with van der Waals surface area (Å²) in [6.45, 7) is 12.8. The molecular formula is C27H41NO11. The summed E-state index contributed by atoms with van der Waals surface area (Å²) in [5, 5.41) is 12.8. The molecule has 1 aromatic rings. The first kappa shape index (κ1) is 33.5. The van der Waals surface area contributed by atoms with Crippen LogP contribution in [0.2, 0.25) is 0 Å². The molecule has 0 heterocycles. The summed E-state index contributed by atoms with van der Waals surface area (Å²) in [5.74, 6) is -1.65. The maximum atomic E-state index is 12.4. The number of hydrogen-bond donors (Lipinski definition) is 2. The molecule has 0 saturated carbocycles. The van der Waals surface area contributed by atoms with Gasteiger partial charge in [-0.2, -0.15) is 0 Å². The summed E-state index contributed by atoms with van der Waals surface area (Å²) < 4.78 is 30.8. The molecule has 0 aliphatic rings. The monoisotopic (exact) mass is 555 g/mol. The van der Waals surface area contributed by atoms with Gasteiger partial charge in [-0.1, -0.05) is 46.6 Å². The van der Waals surface area contributed by atoms with Crippen LogP contribution in [0.25, 0.3) is 0 Å². The van der Waals surface area contributed by atoms with E-state index in [2.05, 4.69) is 5.32 Å². The minimum absolute atomic E-state index is 0.0217. The third kappa shape index (κ3) is 11.8. The fourth-order valence-electron chi connectivity index (χ4n) is 3.06. The number of nitrogens with one attached hydrogen (secondary N) is 1. The zero-order valence-corrected chi connectivity index (χ0v) is 23.7. The van der Waals surface area contributed by atoms with E-state index in [1.807, 2.05) is 27.7 Å². The molecule has 0 aromatic heterocycles. The topological polar surface area (TPSA) is 156 Å². The van der Waals surface area contributed by atoms with E-state index in [4.69, 9.17) is 28.4 Å². The van der Waals surface area contributed by atoms with Gasteiger partial charge in [-0.05, 0) is 50.3 Å². The van der Waals surface area contributed by atoms with Gasteiger partial charge in [0.05, 0.1) is 19.8 Å². The van der Waals surface area contributed by atoms with Crippen LogP contribution in [0.15, 0.2) is 18.2 Å². The largest absolute Gasteiger partial charge is 0.513 e. The molecule has 39 heavy (non-hydrogen) atoms. The first-order valence-electron chi connectivity index (χ1n) is 13.0. The minimum atomic E-state index is -2.22. The normalized spacial score (nSPS) is 13.9. The predicted molar refractivity (Wildman–Crippen MR) is 140 cm³/mol. The van der Waals surface area contributed by atoms with E-state index >= 15 is 0 Å². The van der Waals surface area contributed by atoms with E-state index in [1.165, 1.54) is 18.2 Å². The number of rotatable bonds is 15. The van der Waals surface area contributed by atoms with Crippen LogP contribution < -0.4 is 14.8 Å². The van der Waals surface area contributed by atoms with Gasteiger partial charge in [-0.25, -0.2) is 19.2 Å². The highest BCUT2D eigenvalue weighted by Gasteiger charge is 2.44. The molecule has 1 rings (SSSR count). The van der Waals surface area contributed by atoms with Crippen LogP contribution in [0.3, 0.4) is 0 Å². The third-order valence-electron chi connectivity index (χ3n) is 5.60. The Hall–Kier alpha value is -3.54. The number of hydrogen-bond acceptors (Lipinski definition) is 11. The van der Waals surface area contributed by atoms with Gasteiger partial charge in [0.1, 0.15) is 0 Å². The van der Waals surface area contributed by atoms with Gasteiger partial charge < -0.3 is 33.5 Å². The van der Waals surface area contributed by atoms with Crippen molar-refractivity contribution in [3.05, 3.63) is 23.8 Å². The average molecular weight is 556 g/mol. The molecular weight excluding hydrogens is 514 g/mol. The minimum Gasteiger partial charge on any atom is -0.477 e. The second-order valence-corrected chi connectivity index (χ2v) is 9.53. The molecule has 3 atom stereocenters. The van der Waals surface area contributed by atoms with Gasteiger partial charge >= 0.3 is 24.4 Å². The van der Waals surface area contributed by atoms with Crippen LogP contribution in [0.1, 0.15) is 66.9 Å². The molecule has 0 radical (unpaired) electrons. The molecule has 2 unspecified atom stereocenters. The highest BCUT2D eigenvalue weighted by molar-refractivity contribution is 5.80. The lowest BCUT2D eigenvalue weighted by Crippen LogP contribution is -2.59. The Balaban J connectivity index is 3.34. The third-order valence-corrected chi connectivity index (χ3v) is 5.60. The quantitative estimate of drug-likeness (QED) is 0.125. The zero-order chi connectivity index (χ0) is 29.6. The lowest BCUT2D eigenvalue weighted by molar-refractivity contribution is -0.166. The van der Waals surface area contributed by atoms with Crippen molar-refractivity contribution in [2.45, 2.75) is 79.5 Å². The van der Waals surface area contributed by atoms with Gasteiger partial charge in [0.25, 0.3) is 5.72 Å². The second kappa shape index (κ2) is 16.4. The second-order valence-electron chi connectivity index (χ2n) is 9.53. The van der Waals surface area contributed by atoms with E-state index in [0.717, 1.165) is 12.8 Å². The predicted octanol–water partition coefficient (Wildman–Crippen LogP) is 5.30. The van der Waals surface area contributed by atoms with Gasteiger partial charge in [0, 0.05) is 12.5 Å². The van der Waals surface area contributed by atoms with Crippen molar-refractivity contribution in [2.24, 2.45) is 11.8 Å². The molecule has 0 amide bonds. The Morgan fingerprint density at radius 2 is 1.36 bits per heavy atom. The molecule has 0 aliphatic carbocycles. The van der Waals surface area contributed by atoms with Crippen LogP contribution in [0, 0.1) is 11.8 Å². The summed E-state index contributed by atoms with van der Waals surface area (Å²) in [6.07, 6.45) is -2.05. The molecule has 12 nitrogen and oxygen atoms in total. The van der Waals surface area contributed by atoms with Crippen molar-refractivity contribution >= 4 is 24.4 Å². The fourth-order valence-corrected chi connectivity index (χ4v) is 3.06. The van der Waals surface area contributed by atoms with Crippen molar-refractivity contribution in [3.63, 3.8) is 0 Å². The Bertz CT molecular complexity index is 965. The summed E-state index contributed by atoms with van der Waals surface area (Å²) in [4.78, 5) is 49.1. The van der Waals surface area contributed by atoms with E-state index < -0.39 is 42.6 Å². The Labute approximate surface area is 229 Å².